The highest BCUT2D eigenvalue weighted by molar-refractivity contribution is 7.18. The third kappa shape index (κ3) is 3.03. The second-order valence-electron chi connectivity index (χ2n) is 10.5. The Morgan fingerprint density at radius 3 is 1.88 bits per heavy atom. The van der Waals surface area contributed by atoms with E-state index in [2.05, 4.69) is 133 Å². The van der Waals surface area contributed by atoms with E-state index < -0.39 is 0 Å². The molecule has 40 heavy (non-hydrogen) atoms. The van der Waals surface area contributed by atoms with Gasteiger partial charge in [-0.1, -0.05) is 97.1 Å². The van der Waals surface area contributed by atoms with Crippen LogP contribution < -0.4 is 0 Å². The summed E-state index contributed by atoms with van der Waals surface area (Å²) in [6, 6.07) is 46.3. The lowest BCUT2D eigenvalue weighted by Gasteiger charge is -2.18. The Morgan fingerprint density at radius 2 is 1.10 bits per heavy atom. The maximum Gasteiger partial charge on any atom is 0.136 e. The molecule has 0 atom stereocenters. The molecule has 0 aliphatic carbocycles. The minimum atomic E-state index is 0.931. The predicted octanol–water partition coefficient (Wildman–Crippen LogP) is 11.6. The van der Waals surface area contributed by atoms with Crippen LogP contribution in [0.5, 0.6) is 0 Å². The van der Waals surface area contributed by atoms with Crippen LogP contribution in [-0.2, 0) is 0 Å². The van der Waals surface area contributed by atoms with Gasteiger partial charge in [0.1, 0.15) is 11.2 Å². The summed E-state index contributed by atoms with van der Waals surface area (Å²) in [4.78, 5) is 0. The van der Waals surface area contributed by atoms with Crippen LogP contribution in [0.25, 0.3) is 86.6 Å². The van der Waals surface area contributed by atoms with E-state index in [1.165, 1.54) is 75.4 Å². The summed E-state index contributed by atoms with van der Waals surface area (Å²) < 4.78 is 7.61. The van der Waals surface area contributed by atoms with Crippen LogP contribution in [0.1, 0.15) is 0 Å². The van der Waals surface area contributed by atoms with Crippen molar-refractivity contribution >= 4 is 75.7 Å². The van der Waals surface area contributed by atoms with E-state index in [0.29, 0.717) is 0 Å². The van der Waals surface area contributed by atoms with E-state index in [0.717, 1.165) is 11.2 Å². The van der Waals surface area contributed by atoms with Crippen LogP contribution in [0.4, 0.5) is 0 Å². The Bertz CT molecular complexity index is 2380. The molecule has 0 radical (unpaired) electrons. The highest BCUT2D eigenvalue weighted by Gasteiger charge is 2.19. The number of hydrogen-bond acceptors (Lipinski definition) is 2. The number of furan rings is 1. The van der Waals surface area contributed by atoms with Crippen molar-refractivity contribution in [3.05, 3.63) is 133 Å². The second kappa shape index (κ2) is 8.29. The van der Waals surface area contributed by atoms with Gasteiger partial charge in [-0.3, -0.25) is 0 Å². The van der Waals surface area contributed by atoms with Crippen LogP contribution in [-0.4, -0.2) is 0 Å². The van der Waals surface area contributed by atoms with Gasteiger partial charge in [-0.2, -0.15) is 0 Å². The number of fused-ring (bicyclic) bond motifs is 8. The van der Waals surface area contributed by atoms with Gasteiger partial charge in [0.05, 0.1) is 0 Å². The van der Waals surface area contributed by atoms with Crippen LogP contribution in [0, 0.1) is 0 Å². The molecular formula is C38H22OS. The number of rotatable bonds is 2. The molecule has 1 nitrogen and oxygen atoms in total. The third-order valence-corrected chi connectivity index (χ3v) is 9.28. The zero-order chi connectivity index (χ0) is 26.2. The average molecular weight is 527 g/mol. The van der Waals surface area contributed by atoms with E-state index in [-0.39, 0.29) is 0 Å². The van der Waals surface area contributed by atoms with Crippen molar-refractivity contribution in [2.75, 3.05) is 0 Å². The van der Waals surface area contributed by atoms with E-state index in [1.54, 1.807) is 11.3 Å². The van der Waals surface area contributed by atoms with Crippen molar-refractivity contribution in [2.45, 2.75) is 0 Å². The van der Waals surface area contributed by atoms with Crippen molar-refractivity contribution in [3.63, 3.8) is 0 Å². The standard InChI is InChI=1S/C38H22OS/c1-2-10-26-23(8-1)9-7-15-27(26)36-30-13-5-3-11-28(30)35(29-12-4-6-14-31(29)36)25-17-18-33-32(22-25)37-34(39-33)19-16-24-20-21-40-38(24)37/h1-22H. The predicted molar refractivity (Wildman–Crippen MR) is 172 cm³/mol. The molecule has 0 saturated carbocycles. The molecule has 9 rings (SSSR count). The maximum absolute atomic E-state index is 6.32. The van der Waals surface area contributed by atoms with E-state index >= 15 is 0 Å². The van der Waals surface area contributed by atoms with Crippen LogP contribution >= 0.6 is 11.3 Å². The summed E-state index contributed by atoms with van der Waals surface area (Å²) in [7, 11) is 0. The first-order chi connectivity index (χ1) is 19.8. The highest BCUT2D eigenvalue weighted by atomic mass is 32.1. The summed E-state index contributed by atoms with van der Waals surface area (Å²) in [5, 5.41) is 13.4. The largest absolute Gasteiger partial charge is 0.456 e. The fourth-order valence-corrected chi connectivity index (χ4v) is 7.57. The van der Waals surface area contributed by atoms with Crippen LogP contribution in [0.3, 0.4) is 0 Å². The average Bonchev–Trinajstić information content (AvgIpc) is 3.63. The summed E-state index contributed by atoms with van der Waals surface area (Å²) in [5.41, 5.74) is 6.92. The minimum Gasteiger partial charge on any atom is -0.456 e. The molecule has 2 heteroatoms. The van der Waals surface area contributed by atoms with Gasteiger partial charge in [-0.05, 0) is 95.7 Å². The molecule has 0 saturated heterocycles. The monoisotopic (exact) mass is 526 g/mol. The minimum absolute atomic E-state index is 0.931. The van der Waals surface area contributed by atoms with Crippen molar-refractivity contribution in [2.24, 2.45) is 0 Å². The molecule has 0 amide bonds. The lowest BCUT2D eigenvalue weighted by atomic mass is 9.84. The molecule has 2 aromatic heterocycles. The van der Waals surface area contributed by atoms with Crippen molar-refractivity contribution < 1.29 is 4.42 Å². The van der Waals surface area contributed by atoms with Crippen molar-refractivity contribution in [1.82, 2.24) is 0 Å². The third-order valence-electron chi connectivity index (χ3n) is 8.33. The normalized spacial score (nSPS) is 12.0. The van der Waals surface area contributed by atoms with Crippen molar-refractivity contribution in [3.8, 4) is 22.3 Å². The zero-order valence-electron chi connectivity index (χ0n) is 21.5. The number of benzene rings is 7. The van der Waals surface area contributed by atoms with Crippen LogP contribution in [0.2, 0.25) is 0 Å². The van der Waals surface area contributed by atoms with Gasteiger partial charge in [0, 0.05) is 15.5 Å². The lowest BCUT2D eigenvalue weighted by molar-refractivity contribution is 0.669. The van der Waals surface area contributed by atoms with E-state index in [4.69, 9.17) is 4.42 Å². The SMILES string of the molecule is c1ccc2c(-c3c4ccccc4c(-c4ccc5oc6ccc7ccsc7c6c5c4)c4ccccc34)cccc2c1. The summed E-state index contributed by atoms with van der Waals surface area (Å²) >= 11 is 1.78. The first-order valence-electron chi connectivity index (χ1n) is 13.6. The van der Waals surface area contributed by atoms with E-state index in [9.17, 15) is 0 Å². The molecule has 0 spiro atoms. The Kier molecular flexibility index (Phi) is 4.55. The quantitative estimate of drug-likeness (QED) is 0.204. The Morgan fingerprint density at radius 1 is 0.450 bits per heavy atom. The molecule has 7 aromatic carbocycles. The molecule has 0 bridgehead atoms. The highest BCUT2D eigenvalue weighted by Crippen LogP contribution is 2.46. The molecule has 2 heterocycles. The number of hydrogen-bond donors (Lipinski definition) is 0. The van der Waals surface area contributed by atoms with Gasteiger partial charge < -0.3 is 4.42 Å². The molecule has 9 aromatic rings. The smallest absolute Gasteiger partial charge is 0.136 e. The van der Waals surface area contributed by atoms with Gasteiger partial charge in [-0.15, -0.1) is 11.3 Å². The zero-order valence-corrected chi connectivity index (χ0v) is 22.3. The molecule has 0 N–H and O–H groups in total. The summed E-state index contributed by atoms with van der Waals surface area (Å²) in [5.74, 6) is 0. The maximum atomic E-state index is 6.32. The molecule has 0 fully saturated rings. The fraction of sp³-hybridized carbons (Fsp3) is 0. The van der Waals surface area contributed by atoms with Crippen molar-refractivity contribution in [1.29, 1.82) is 0 Å². The Labute approximate surface area is 234 Å². The molecule has 0 aliphatic rings. The van der Waals surface area contributed by atoms with Crippen LogP contribution in [0.15, 0.2) is 137 Å². The lowest BCUT2D eigenvalue weighted by Crippen LogP contribution is -1.91. The molecule has 186 valence electrons. The second-order valence-corrected chi connectivity index (χ2v) is 11.4. The molecule has 0 aliphatic heterocycles. The van der Waals surface area contributed by atoms with Gasteiger partial charge in [-0.25, -0.2) is 0 Å². The molecule has 0 unspecified atom stereocenters. The fourth-order valence-electron chi connectivity index (χ4n) is 6.62. The van der Waals surface area contributed by atoms with Gasteiger partial charge in [0.2, 0.25) is 0 Å². The topological polar surface area (TPSA) is 13.1 Å². The first kappa shape index (κ1) is 22.0. The molecular weight excluding hydrogens is 504 g/mol. The van der Waals surface area contributed by atoms with Gasteiger partial charge in [0.15, 0.2) is 0 Å². The Balaban J connectivity index is 1.42. The number of thiophene rings is 1. The summed E-state index contributed by atoms with van der Waals surface area (Å²) in [6.07, 6.45) is 0. The summed E-state index contributed by atoms with van der Waals surface area (Å²) in [6.45, 7) is 0. The van der Waals surface area contributed by atoms with E-state index in [1.807, 2.05) is 0 Å². The van der Waals surface area contributed by atoms with Gasteiger partial charge >= 0.3 is 0 Å². The Hall–Kier alpha value is -4.92. The van der Waals surface area contributed by atoms with Gasteiger partial charge in [0.25, 0.3) is 0 Å². The first-order valence-corrected chi connectivity index (χ1v) is 14.5.